The van der Waals surface area contributed by atoms with E-state index < -0.39 is 29.3 Å². The van der Waals surface area contributed by atoms with E-state index in [1.165, 1.54) is 18.7 Å². The van der Waals surface area contributed by atoms with Gasteiger partial charge in [-0.15, -0.1) is 0 Å². The minimum absolute atomic E-state index is 0.138. The number of anilines is 2. The second-order valence-electron chi connectivity index (χ2n) is 6.77. The number of aliphatic imine (C=N–C) groups is 1. The van der Waals surface area contributed by atoms with Crippen molar-refractivity contribution in [2.24, 2.45) is 4.99 Å². The highest BCUT2D eigenvalue weighted by Crippen LogP contribution is 2.27. The van der Waals surface area contributed by atoms with Gasteiger partial charge in [-0.05, 0) is 25.0 Å². The molecular formula is C20H21F4N5O2. The predicted octanol–water partition coefficient (Wildman–Crippen LogP) is 4.04. The van der Waals surface area contributed by atoms with E-state index in [4.69, 9.17) is 10.5 Å². The Bertz CT molecular complexity index is 944. The number of nitrogens with two attached hydrogens (primary N) is 1. The topological polar surface area (TPSA) is 110 Å². The minimum Gasteiger partial charge on any atom is -0.398 e. The molecule has 7 nitrogen and oxygen atoms in total. The molecule has 0 saturated heterocycles. The summed E-state index contributed by atoms with van der Waals surface area (Å²) in [7, 11) is 0. The fraction of sp³-hybridized carbons (Fsp3) is 0.350. The molecule has 1 aromatic heterocycles. The molecule has 2 aromatic rings. The molecule has 31 heavy (non-hydrogen) atoms. The maximum absolute atomic E-state index is 14.2. The number of alkyl halides is 3. The smallest absolute Gasteiger partial charge is 0.398 e. The van der Waals surface area contributed by atoms with Crippen molar-refractivity contribution in [3.05, 3.63) is 47.3 Å². The number of benzene rings is 1. The van der Waals surface area contributed by atoms with Crippen LogP contribution in [0.1, 0.15) is 53.8 Å². The van der Waals surface area contributed by atoms with Crippen LogP contribution in [0, 0.1) is 5.82 Å². The molecule has 1 aromatic carbocycles. The fourth-order valence-electron chi connectivity index (χ4n) is 3.03. The number of carbonyl (C=O) groups is 2. The van der Waals surface area contributed by atoms with Gasteiger partial charge in [0.25, 0.3) is 5.91 Å². The number of carbonyl (C=O) groups excluding carboxylic acids is 2. The Labute approximate surface area is 175 Å². The van der Waals surface area contributed by atoms with Crippen molar-refractivity contribution in [1.82, 2.24) is 9.97 Å². The van der Waals surface area contributed by atoms with Crippen LogP contribution in [0.15, 0.2) is 29.5 Å². The van der Waals surface area contributed by atoms with Gasteiger partial charge in [0, 0.05) is 23.5 Å². The zero-order chi connectivity index (χ0) is 23.0. The van der Waals surface area contributed by atoms with E-state index in [0.717, 1.165) is 37.9 Å². The second-order valence-corrected chi connectivity index (χ2v) is 6.77. The highest BCUT2D eigenvalue weighted by molar-refractivity contribution is 6.03. The van der Waals surface area contributed by atoms with Gasteiger partial charge in [-0.1, -0.05) is 19.3 Å². The van der Waals surface area contributed by atoms with Crippen LogP contribution < -0.4 is 11.1 Å². The van der Waals surface area contributed by atoms with Crippen LogP contribution in [0.3, 0.4) is 0 Å². The van der Waals surface area contributed by atoms with E-state index in [9.17, 15) is 22.4 Å². The predicted molar refractivity (Wildman–Crippen MR) is 107 cm³/mol. The van der Waals surface area contributed by atoms with Crippen molar-refractivity contribution >= 4 is 30.3 Å². The zero-order valence-electron chi connectivity index (χ0n) is 16.5. The molecule has 0 unspecified atom stereocenters. The molecule has 1 fully saturated rings. The van der Waals surface area contributed by atoms with Crippen LogP contribution in [-0.4, -0.2) is 34.9 Å². The molecule has 11 heteroatoms. The van der Waals surface area contributed by atoms with Crippen LogP contribution in [-0.2, 0) is 11.0 Å². The standard InChI is InChI=1S/C19H19F4N5O.CH2O/c20-13-7-14(24)11(8-26-12-4-2-1-3-5-12)6-15(13)28-18(29)16-9-25-10-17(27-16)19(21,22)23;1-2/h6-10,12H,1-5,24H2,(H,28,29);1H2. The number of nitrogen functional groups attached to an aromatic ring is 1. The Kier molecular flexibility index (Phi) is 8.17. The van der Waals surface area contributed by atoms with Gasteiger partial charge in [-0.2, -0.15) is 13.2 Å². The number of hydrogen-bond donors (Lipinski definition) is 2. The first-order chi connectivity index (χ1) is 14.7. The van der Waals surface area contributed by atoms with Gasteiger partial charge >= 0.3 is 6.18 Å². The lowest BCUT2D eigenvalue weighted by molar-refractivity contribution is -0.141. The minimum atomic E-state index is -4.75. The summed E-state index contributed by atoms with van der Waals surface area (Å²) in [5.41, 5.74) is 4.22. The van der Waals surface area contributed by atoms with Crippen molar-refractivity contribution in [2.75, 3.05) is 11.1 Å². The molecule has 3 rings (SSSR count). The summed E-state index contributed by atoms with van der Waals surface area (Å²) in [6.45, 7) is 2.00. The molecule has 166 valence electrons. The van der Waals surface area contributed by atoms with Gasteiger partial charge in [0.1, 0.15) is 18.3 Å². The lowest BCUT2D eigenvalue weighted by Gasteiger charge is -2.17. The van der Waals surface area contributed by atoms with Crippen molar-refractivity contribution in [2.45, 2.75) is 44.3 Å². The first-order valence-electron chi connectivity index (χ1n) is 9.35. The zero-order valence-corrected chi connectivity index (χ0v) is 16.5. The average molecular weight is 439 g/mol. The number of nitrogens with zero attached hydrogens (tertiary/aromatic N) is 3. The lowest BCUT2D eigenvalue weighted by Crippen LogP contribution is -2.18. The number of halogens is 4. The summed E-state index contributed by atoms with van der Waals surface area (Å²) in [5, 5.41) is 2.21. The average Bonchev–Trinajstić information content (AvgIpc) is 2.76. The second kappa shape index (κ2) is 10.6. The first kappa shape index (κ1) is 23.9. The molecule has 1 amide bonds. The van der Waals surface area contributed by atoms with Crippen LogP contribution in [0.5, 0.6) is 0 Å². The van der Waals surface area contributed by atoms with E-state index in [-0.39, 0.29) is 17.4 Å². The fourth-order valence-corrected chi connectivity index (χ4v) is 3.03. The van der Waals surface area contributed by atoms with Gasteiger partial charge in [-0.25, -0.2) is 9.37 Å². The van der Waals surface area contributed by atoms with Crippen molar-refractivity contribution in [1.29, 1.82) is 0 Å². The summed E-state index contributed by atoms with van der Waals surface area (Å²) in [4.78, 5) is 31.3. The lowest BCUT2D eigenvalue weighted by atomic mass is 9.96. The molecular weight excluding hydrogens is 418 g/mol. The third-order valence-electron chi connectivity index (χ3n) is 4.58. The van der Waals surface area contributed by atoms with Gasteiger partial charge in [0.05, 0.1) is 18.1 Å². The van der Waals surface area contributed by atoms with Gasteiger partial charge in [0.15, 0.2) is 5.69 Å². The van der Waals surface area contributed by atoms with Crippen molar-refractivity contribution in [3.8, 4) is 0 Å². The van der Waals surface area contributed by atoms with Crippen LogP contribution >= 0.6 is 0 Å². The first-order valence-corrected chi connectivity index (χ1v) is 9.35. The third-order valence-corrected chi connectivity index (χ3v) is 4.58. The van der Waals surface area contributed by atoms with Gasteiger partial charge in [0.2, 0.25) is 0 Å². The Morgan fingerprint density at radius 3 is 2.52 bits per heavy atom. The molecule has 1 aliphatic carbocycles. The molecule has 0 aliphatic heterocycles. The summed E-state index contributed by atoms with van der Waals surface area (Å²) in [5.74, 6) is -1.85. The van der Waals surface area contributed by atoms with Crippen LogP contribution in [0.25, 0.3) is 0 Å². The summed E-state index contributed by atoms with van der Waals surface area (Å²) >= 11 is 0. The molecule has 0 bridgehead atoms. The molecule has 0 radical (unpaired) electrons. The van der Waals surface area contributed by atoms with Gasteiger partial charge < -0.3 is 15.8 Å². The highest BCUT2D eigenvalue weighted by atomic mass is 19.4. The largest absolute Gasteiger partial charge is 0.434 e. The number of nitrogens with one attached hydrogen (secondary N) is 1. The SMILES string of the molecule is C=O.Nc1cc(F)c(NC(=O)c2cncc(C(F)(F)F)n2)cc1C=NC1CCCCC1. The molecule has 1 aliphatic rings. The maximum Gasteiger partial charge on any atom is 0.434 e. The Balaban J connectivity index is 0.00000166. The Hall–Kier alpha value is -3.37. The monoisotopic (exact) mass is 439 g/mol. The van der Waals surface area contributed by atoms with Crippen molar-refractivity contribution in [3.63, 3.8) is 0 Å². The summed E-state index contributed by atoms with van der Waals surface area (Å²) in [6, 6.07) is 2.48. The van der Waals surface area contributed by atoms with E-state index in [1.54, 1.807) is 0 Å². The number of rotatable bonds is 4. The Morgan fingerprint density at radius 1 is 1.19 bits per heavy atom. The highest BCUT2D eigenvalue weighted by Gasteiger charge is 2.33. The molecule has 3 N–H and O–H groups in total. The normalized spacial score (nSPS) is 14.7. The van der Waals surface area contributed by atoms with Crippen molar-refractivity contribution < 1.29 is 27.2 Å². The number of amides is 1. The quantitative estimate of drug-likeness (QED) is 0.425. The summed E-state index contributed by atoms with van der Waals surface area (Å²) in [6.07, 6.45) is 3.46. The molecule has 0 spiro atoms. The van der Waals surface area contributed by atoms with Gasteiger partial charge in [-0.3, -0.25) is 14.8 Å². The number of aromatic nitrogens is 2. The third kappa shape index (κ3) is 6.56. The molecule has 0 atom stereocenters. The van der Waals surface area contributed by atoms with E-state index in [2.05, 4.69) is 20.3 Å². The Morgan fingerprint density at radius 2 is 1.87 bits per heavy atom. The number of hydrogen-bond acceptors (Lipinski definition) is 6. The van der Waals surface area contributed by atoms with E-state index in [0.29, 0.717) is 11.8 Å². The van der Waals surface area contributed by atoms with E-state index in [1.807, 2.05) is 6.79 Å². The molecule has 1 saturated carbocycles. The maximum atomic E-state index is 14.2. The summed E-state index contributed by atoms with van der Waals surface area (Å²) < 4.78 is 52.4. The molecule has 1 heterocycles. The van der Waals surface area contributed by atoms with E-state index >= 15 is 0 Å². The van der Waals surface area contributed by atoms with Crippen LogP contribution in [0.2, 0.25) is 0 Å². The van der Waals surface area contributed by atoms with Crippen LogP contribution in [0.4, 0.5) is 28.9 Å².